The third kappa shape index (κ3) is 4.72. The zero-order valence-electron chi connectivity index (χ0n) is 15.3. The van der Waals surface area contributed by atoms with Crippen molar-refractivity contribution in [3.8, 4) is 11.5 Å². The number of anilines is 1. The normalized spacial score (nSPS) is 11.1. The molecule has 0 aliphatic heterocycles. The summed E-state index contributed by atoms with van der Waals surface area (Å²) in [4.78, 5) is 25.9. The minimum absolute atomic E-state index is 0.0441. The number of hydrogen-bond acceptors (Lipinski definition) is 8. The fraction of sp³-hybridized carbons (Fsp3) is 0.250. The minimum atomic E-state index is -3.72. The molecule has 0 fully saturated rings. The predicted octanol–water partition coefficient (Wildman–Crippen LogP) is 1.27. The van der Waals surface area contributed by atoms with Crippen LogP contribution >= 0.6 is 0 Å². The summed E-state index contributed by atoms with van der Waals surface area (Å²) in [5, 5.41) is 13.4. The topological polar surface area (TPSA) is 141 Å². The van der Waals surface area contributed by atoms with Crippen LogP contribution in [0, 0.1) is 10.1 Å². The molecule has 1 N–H and O–H groups in total. The number of rotatable bonds is 8. The number of sulfonamides is 1. The number of nitrogens with zero attached hydrogens (tertiary/aromatic N) is 3. The molecular formula is C16H18N4O7S. The first kappa shape index (κ1) is 21.1. The Morgan fingerprint density at radius 1 is 1.29 bits per heavy atom. The zero-order chi connectivity index (χ0) is 20.9. The number of ether oxygens (including phenoxy) is 2. The second-order valence-corrected chi connectivity index (χ2v) is 7.72. The minimum Gasteiger partial charge on any atom is -0.495 e. The molecule has 11 nitrogen and oxygen atoms in total. The molecule has 2 rings (SSSR count). The highest BCUT2D eigenvalue weighted by atomic mass is 32.2. The first-order chi connectivity index (χ1) is 13.2. The number of aromatic nitrogens is 1. The summed E-state index contributed by atoms with van der Waals surface area (Å²) in [5.41, 5.74) is 0.111. The van der Waals surface area contributed by atoms with Crippen LogP contribution in [-0.4, -0.2) is 56.3 Å². The van der Waals surface area contributed by atoms with E-state index in [1.807, 2.05) is 0 Å². The lowest BCUT2D eigenvalue weighted by Crippen LogP contribution is -2.23. The molecular weight excluding hydrogens is 392 g/mol. The Morgan fingerprint density at radius 2 is 2.00 bits per heavy atom. The van der Waals surface area contributed by atoms with Crippen molar-refractivity contribution < 1.29 is 27.6 Å². The predicted molar refractivity (Wildman–Crippen MR) is 98.9 cm³/mol. The lowest BCUT2D eigenvalue weighted by Gasteiger charge is -2.15. The summed E-state index contributed by atoms with van der Waals surface area (Å²) < 4.78 is 35.8. The SMILES string of the molecule is COc1ccc(S(=O)(=O)N(C)C)cc1NC(=O)COc1cccnc1[N+](=O)[O-]. The van der Waals surface area contributed by atoms with Crippen molar-refractivity contribution in [2.75, 3.05) is 33.1 Å². The average molecular weight is 410 g/mol. The van der Waals surface area contributed by atoms with E-state index in [2.05, 4.69) is 10.3 Å². The van der Waals surface area contributed by atoms with Crippen LogP contribution in [0.25, 0.3) is 0 Å². The van der Waals surface area contributed by atoms with Crippen LogP contribution in [0.2, 0.25) is 0 Å². The highest BCUT2D eigenvalue weighted by molar-refractivity contribution is 7.89. The van der Waals surface area contributed by atoms with E-state index in [-0.39, 0.29) is 22.1 Å². The van der Waals surface area contributed by atoms with Gasteiger partial charge in [0, 0.05) is 14.1 Å². The highest BCUT2D eigenvalue weighted by Gasteiger charge is 2.21. The van der Waals surface area contributed by atoms with Gasteiger partial charge in [-0.3, -0.25) is 4.79 Å². The van der Waals surface area contributed by atoms with Crippen molar-refractivity contribution in [3.05, 3.63) is 46.6 Å². The van der Waals surface area contributed by atoms with Gasteiger partial charge in [-0.2, -0.15) is 0 Å². The first-order valence-electron chi connectivity index (χ1n) is 7.79. The van der Waals surface area contributed by atoms with Crippen molar-refractivity contribution in [2.45, 2.75) is 4.90 Å². The molecule has 0 radical (unpaired) electrons. The lowest BCUT2D eigenvalue weighted by atomic mass is 10.3. The van der Waals surface area contributed by atoms with Crippen LogP contribution in [0.1, 0.15) is 0 Å². The van der Waals surface area contributed by atoms with Gasteiger partial charge < -0.3 is 24.9 Å². The number of carbonyl (C=O) groups is 1. The molecule has 0 aliphatic carbocycles. The Morgan fingerprint density at radius 3 is 2.61 bits per heavy atom. The van der Waals surface area contributed by atoms with Gasteiger partial charge in [0.15, 0.2) is 6.61 Å². The fourth-order valence-corrected chi connectivity index (χ4v) is 3.05. The number of nitro groups is 1. The molecule has 0 spiro atoms. The summed E-state index contributed by atoms with van der Waals surface area (Å²) >= 11 is 0. The molecule has 2 aromatic rings. The summed E-state index contributed by atoms with van der Waals surface area (Å²) in [6, 6.07) is 6.73. The molecule has 0 bridgehead atoms. The molecule has 0 saturated carbocycles. The van der Waals surface area contributed by atoms with Crippen molar-refractivity contribution in [3.63, 3.8) is 0 Å². The van der Waals surface area contributed by atoms with E-state index in [0.29, 0.717) is 0 Å². The van der Waals surface area contributed by atoms with E-state index < -0.39 is 33.3 Å². The first-order valence-corrected chi connectivity index (χ1v) is 9.23. The van der Waals surface area contributed by atoms with Crippen molar-refractivity contribution >= 4 is 27.4 Å². The van der Waals surface area contributed by atoms with Gasteiger partial charge >= 0.3 is 5.82 Å². The Hall–Kier alpha value is -3.25. The molecule has 12 heteroatoms. The quantitative estimate of drug-likeness (QED) is 0.506. The maximum absolute atomic E-state index is 12.3. The molecule has 0 unspecified atom stereocenters. The largest absolute Gasteiger partial charge is 0.495 e. The van der Waals surface area contributed by atoms with Crippen LogP contribution in [0.15, 0.2) is 41.4 Å². The number of amides is 1. The third-order valence-electron chi connectivity index (χ3n) is 3.51. The van der Waals surface area contributed by atoms with Gasteiger partial charge in [-0.15, -0.1) is 0 Å². The van der Waals surface area contributed by atoms with Crippen LogP contribution < -0.4 is 14.8 Å². The molecule has 1 aromatic carbocycles. The Labute approximate surface area is 161 Å². The van der Waals surface area contributed by atoms with Crippen molar-refractivity contribution in [1.82, 2.24) is 9.29 Å². The third-order valence-corrected chi connectivity index (χ3v) is 5.32. The van der Waals surface area contributed by atoms with Crippen LogP contribution in [0.5, 0.6) is 11.5 Å². The number of benzene rings is 1. The maximum Gasteiger partial charge on any atom is 0.406 e. The van der Waals surface area contributed by atoms with Gasteiger partial charge in [-0.05, 0) is 40.2 Å². The summed E-state index contributed by atoms with van der Waals surface area (Å²) in [7, 11) is 0.406. The van der Waals surface area contributed by atoms with Crippen LogP contribution in [-0.2, 0) is 14.8 Å². The van der Waals surface area contributed by atoms with E-state index in [1.54, 1.807) is 0 Å². The lowest BCUT2D eigenvalue weighted by molar-refractivity contribution is -0.390. The second-order valence-electron chi connectivity index (χ2n) is 5.57. The molecule has 1 amide bonds. The second kappa shape index (κ2) is 8.63. The maximum atomic E-state index is 12.3. The molecule has 1 heterocycles. The molecule has 28 heavy (non-hydrogen) atoms. The van der Waals surface area contributed by atoms with E-state index in [9.17, 15) is 23.3 Å². The summed E-state index contributed by atoms with van der Waals surface area (Å²) in [6.07, 6.45) is 1.23. The van der Waals surface area contributed by atoms with Crippen LogP contribution in [0.3, 0.4) is 0 Å². The van der Waals surface area contributed by atoms with Gasteiger partial charge in [-0.25, -0.2) is 12.7 Å². The number of pyridine rings is 1. The van der Waals surface area contributed by atoms with Crippen molar-refractivity contribution in [1.29, 1.82) is 0 Å². The Balaban J connectivity index is 2.18. The molecule has 0 saturated heterocycles. The number of methoxy groups -OCH3 is 1. The zero-order valence-corrected chi connectivity index (χ0v) is 16.1. The molecule has 0 aliphatic rings. The van der Waals surface area contributed by atoms with Gasteiger partial charge in [0.05, 0.1) is 17.7 Å². The molecule has 0 atom stereocenters. The smallest absolute Gasteiger partial charge is 0.406 e. The van der Waals surface area contributed by atoms with E-state index in [0.717, 1.165) is 4.31 Å². The highest BCUT2D eigenvalue weighted by Crippen LogP contribution is 2.28. The van der Waals surface area contributed by atoms with Crippen LogP contribution in [0.4, 0.5) is 11.5 Å². The number of hydrogen-bond donors (Lipinski definition) is 1. The van der Waals surface area contributed by atoms with Crippen molar-refractivity contribution in [2.24, 2.45) is 0 Å². The Bertz CT molecular complexity index is 992. The fourth-order valence-electron chi connectivity index (χ4n) is 2.12. The number of carbonyl (C=O) groups excluding carboxylic acids is 1. The Kier molecular flexibility index (Phi) is 6.49. The monoisotopic (exact) mass is 410 g/mol. The van der Waals surface area contributed by atoms with Gasteiger partial charge in [0.1, 0.15) is 11.9 Å². The van der Waals surface area contributed by atoms with E-state index in [4.69, 9.17) is 9.47 Å². The van der Waals surface area contributed by atoms with Gasteiger partial charge in [0.25, 0.3) is 5.91 Å². The standard InChI is InChI=1S/C16H18N4O7S/c1-19(2)28(24,25)11-6-7-13(26-3)12(9-11)18-15(21)10-27-14-5-4-8-17-16(14)20(22)23/h4-9H,10H2,1-3H3,(H,18,21). The van der Waals surface area contributed by atoms with Gasteiger partial charge in [-0.1, -0.05) is 0 Å². The van der Waals surface area contributed by atoms with E-state index >= 15 is 0 Å². The van der Waals surface area contributed by atoms with Gasteiger partial charge in [0.2, 0.25) is 15.8 Å². The summed E-state index contributed by atoms with van der Waals surface area (Å²) in [5.74, 6) is -1.13. The average Bonchev–Trinajstić information content (AvgIpc) is 2.66. The number of nitrogens with one attached hydrogen (secondary N) is 1. The summed E-state index contributed by atoms with van der Waals surface area (Å²) in [6.45, 7) is -0.555. The van der Waals surface area contributed by atoms with E-state index in [1.165, 1.54) is 57.7 Å². The molecule has 150 valence electrons. The molecule has 1 aromatic heterocycles.